The van der Waals surface area contributed by atoms with Gasteiger partial charge in [0.05, 0.1) is 12.2 Å². The van der Waals surface area contributed by atoms with Crippen LogP contribution < -0.4 is 5.32 Å². The van der Waals surface area contributed by atoms with Crippen molar-refractivity contribution in [2.75, 3.05) is 0 Å². The van der Waals surface area contributed by atoms with Gasteiger partial charge in [0.2, 0.25) is 0 Å². The normalized spacial score (nSPS) is 16.4. The number of fused-ring (bicyclic) bond motifs is 2. The van der Waals surface area contributed by atoms with E-state index in [1.807, 2.05) is 12.1 Å². The zero-order valence-corrected chi connectivity index (χ0v) is 13.7. The minimum atomic E-state index is -2.85. The van der Waals surface area contributed by atoms with Gasteiger partial charge >= 0.3 is 0 Å². The van der Waals surface area contributed by atoms with E-state index in [9.17, 15) is 13.6 Å². The number of imidazole rings is 1. The van der Waals surface area contributed by atoms with Gasteiger partial charge in [0.25, 0.3) is 12.3 Å². The standard InChI is InChI=1S/C17H13ClF2N4O/c18-10-2-3-11-9(7-10)1-4-12(11)22-17(25)15-14(16(19)20)23-13-8-21-5-6-24(13)15/h2-3,5-8,12,16H,1,4H2,(H,22,25)/t12-/m1/s1. The average molecular weight is 363 g/mol. The Morgan fingerprint density at radius 1 is 1.40 bits per heavy atom. The van der Waals surface area contributed by atoms with Gasteiger partial charge in [0.1, 0.15) is 11.4 Å². The second kappa shape index (κ2) is 6.07. The highest BCUT2D eigenvalue weighted by Crippen LogP contribution is 2.33. The summed E-state index contributed by atoms with van der Waals surface area (Å²) in [6, 6.07) is 5.25. The first-order chi connectivity index (χ1) is 12.0. The minimum Gasteiger partial charge on any atom is -0.344 e. The fourth-order valence-corrected chi connectivity index (χ4v) is 3.46. The first-order valence-electron chi connectivity index (χ1n) is 7.74. The maximum absolute atomic E-state index is 13.3. The first kappa shape index (κ1) is 16.0. The molecule has 2 heterocycles. The molecule has 1 N–H and O–H groups in total. The highest BCUT2D eigenvalue weighted by molar-refractivity contribution is 6.30. The molecule has 1 atom stereocenters. The number of rotatable bonds is 3. The molecule has 0 aliphatic heterocycles. The van der Waals surface area contributed by atoms with Crippen molar-refractivity contribution in [2.24, 2.45) is 0 Å². The largest absolute Gasteiger partial charge is 0.344 e. The van der Waals surface area contributed by atoms with Crippen molar-refractivity contribution in [3.05, 3.63) is 64.3 Å². The van der Waals surface area contributed by atoms with Crippen LogP contribution in [0.2, 0.25) is 5.02 Å². The van der Waals surface area contributed by atoms with E-state index < -0.39 is 18.0 Å². The lowest BCUT2D eigenvalue weighted by Crippen LogP contribution is -2.29. The highest BCUT2D eigenvalue weighted by Gasteiger charge is 2.29. The molecule has 0 fully saturated rings. The fourth-order valence-electron chi connectivity index (χ4n) is 3.27. The van der Waals surface area contributed by atoms with E-state index in [1.54, 1.807) is 6.07 Å². The molecule has 3 aromatic rings. The van der Waals surface area contributed by atoms with Crippen molar-refractivity contribution < 1.29 is 13.6 Å². The monoisotopic (exact) mass is 362 g/mol. The van der Waals surface area contributed by atoms with Gasteiger partial charge in [-0.2, -0.15) is 0 Å². The number of benzene rings is 1. The van der Waals surface area contributed by atoms with Gasteiger partial charge in [0, 0.05) is 17.4 Å². The maximum atomic E-state index is 13.3. The summed E-state index contributed by atoms with van der Waals surface area (Å²) >= 11 is 5.99. The molecule has 1 aliphatic carbocycles. The number of nitrogens with zero attached hydrogens (tertiary/aromatic N) is 3. The van der Waals surface area contributed by atoms with Gasteiger partial charge in [-0.15, -0.1) is 0 Å². The van der Waals surface area contributed by atoms with Gasteiger partial charge in [-0.3, -0.25) is 14.2 Å². The Morgan fingerprint density at radius 2 is 2.24 bits per heavy atom. The first-order valence-corrected chi connectivity index (χ1v) is 8.11. The van der Waals surface area contributed by atoms with Crippen molar-refractivity contribution in [3.8, 4) is 0 Å². The minimum absolute atomic E-state index is 0.158. The van der Waals surface area contributed by atoms with E-state index >= 15 is 0 Å². The summed E-state index contributed by atoms with van der Waals surface area (Å²) < 4.78 is 28.0. The van der Waals surface area contributed by atoms with Crippen LogP contribution >= 0.6 is 11.6 Å². The molecule has 0 bridgehead atoms. The molecule has 1 aliphatic rings. The molecule has 0 spiro atoms. The van der Waals surface area contributed by atoms with Crippen molar-refractivity contribution in [3.63, 3.8) is 0 Å². The molecule has 0 unspecified atom stereocenters. The van der Waals surface area contributed by atoms with E-state index in [4.69, 9.17) is 11.6 Å². The van der Waals surface area contributed by atoms with Crippen LogP contribution in [0.5, 0.6) is 0 Å². The topological polar surface area (TPSA) is 59.3 Å². The van der Waals surface area contributed by atoms with E-state index in [-0.39, 0.29) is 17.4 Å². The van der Waals surface area contributed by atoms with Crippen LogP contribution in [0.25, 0.3) is 5.65 Å². The number of hydrogen-bond donors (Lipinski definition) is 1. The lowest BCUT2D eigenvalue weighted by atomic mass is 10.1. The molecular formula is C17H13ClF2N4O. The van der Waals surface area contributed by atoms with Gasteiger partial charge in [0.15, 0.2) is 5.65 Å². The summed E-state index contributed by atoms with van der Waals surface area (Å²) in [5.74, 6) is -0.582. The highest BCUT2D eigenvalue weighted by atomic mass is 35.5. The molecule has 0 radical (unpaired) electrons. The third-order valence-corrected chi connectivity index (χ3v) is 4.60. The van der Waals surface area contributed by atoms with Crippen LogP contribution in [-0.4, -0.2) is 20.3 Å². The predicted octanol–water partition coefficient (Wildman–Crippen LogP) is 3.74. The average Bonchev–Trinajstić information content (AvgIpc) is 3.16. The lowest BCUT2D eigenvalue weighted by Gasteiger charge is -2.14. The van der Waals surface area contributed by atoms with Crippen molar-refractivity contribution in [2.45, 2.75) is 25.3 Å². The Morgan fingerprint density at radius 3 is 3.04 bits per heavy atom. The Bertz CT molecular complexity index is 972. The van der Waals surface area contributed by atoms with E-state index in [2.05, 4.69) is 15.3 Å². The van der Waals surface area contributed by atoms with E-state index in [1.165, 1.54) is 23.0 Å². The SMILES string of the molecule is O=C(N[C@@H]1CCc2cc(Cl)ccc21)c1c(C(F)F)nc2cnccn12. The fraction of sp³-hybridized carbons (Fsp3) is 0.235. The van der Waals surface area contributed by atoms with Crippen LogP contribution in [0, 0.1) is 0 Å². The van der Waals surface area contributed by atoms with Gasteiger partial charge in [-0.1, -0.05) is 17.7 Å². The molecule has 0 saturated heterocycles. The number of nitrogens with one attached hydrogen (secondary N) is 1. The summed E-state index contributed by atoms with van der Waals surface area (Å²) in [5.41, 5.74) is 1.54. The number of halogens is 3. The van der Waals surface area contributed by atoms with E-state index in [0.717, 1.165) is 17.5 Å². The summed E-state index contributed by atoms with van der Waals surface area (Å²) in [7, 11) is 0. The second-order valence-electron chi connectivity index (χ2n) is 5.86. The number of amides is 1. The molecule has 8 heteroatoms. The molecule has 4 rings (SSSR count). The van der Waals surface area contributed by atoms with Crippen LogP contribution in [0.4, 0.5) is 8.78 Å². The Hall–Kier alpha value is -2.54. The third-order valence-electron chi connectivity index (χ3n) is 4.37. The molecule has 25 heavy (non-hydrogen) atoms. The molecule has 128 valence electrons. The van der Waals surface area contributed by atoms with Gasteiger partial charge in [-0.05, 0) is 36.1 Å². The third kappa shape index (κ3) is 2.74. The lowest BCUT2D eigenvalue weighted by molar-refractivity contribution is 0.0915. The van der Waals surface area contributed by atoms with Crippen LogP contribution in [0.15, 0.2) is 36.8 Å². The van der Waals surface area contributed by atoms with Crippen molar-refractivity contribution in [1.29, 1.82) is 0 Å². The number of hydrogen-bond acceptors (Lipinski definition) is 3. The van der Waals surface area contributed by atoms with Gasteiger partial charge in [-0.25, -0.2) is 13.8 Å². The van der Waals surface area contributed by atoms with Gasteiger partial charge < -0.3 is 5.32 Å². The van der Waals surface area contributed by atoms with Crippen molar-refractivity contribution >= 4 is 23.2 Å². The molecule has 2 aromatic heterocycles. The molecule has 1 aromatic carbocycles. The summed E-state index contributed by atoms with van der Waals surface area (Å²) in [6.45, 7) is 0. The van der Waals surface area contributed by atoms with Crippen LogP contribution in [-0.2, 0) is 6.42 Å². The zero-order valence-electron chi connectivity index (χ0n) is 12.9. The van der Waals surface area contributed by atoms with Crippen molar-refractivity contribution in [1.82, 2.24) is 19.7 Å². The summed E-state index contributed by atoms with van der Waals surface area (Å²) in [4.78, 5) is 20.4. The molecule has 5 nitrogen and oxygen atoms in total. The predicted molar refractivity (Wildman–Crippen MR) is 87.9 cm³/mol. The summed E-state index contributed by atoms with van der Waals surface area (Å²) in [6.07, 6.45) is 2.84. The number of aromatic nitrogens is 3. The Balaban J connectivity index is 1.69. The number of aryl methyl sites for hydroxylation is 1. The Kier molecular flexibility index (Phi) is 3.88. The molecule has 0 saturated carbocycles. The molecular weight excluding hydrogens is 350 g/mol. The van der Waals surface area contributed by atoms with Crippen LogP contribution in [0.1, 0.15) is 46.2 Å². The summed E-state index contributed by atoms with van der Waals surface area (Å²) in [5, 5.41) is 3.49. The van der Waals surface area contributed by atoms with E-state index in [0.29, 0.717) is 11.4 Å². The molecule has 1 amide bonds. The maximum Gasteiger partial charge on any atom is 0.282 e. The zero-order chi connectivity index (χ0) is 17.6. The Labute approximate surface area is 146 Å². The smallest absolute Gasteiger partial charge is 0.282 e. The number of carbonyl (C=O) groups excluding carboxylic acids is 1. The second-order valence-corrected chi connectivity index (χ2v) is 6.30. The number of carbonyl (C=O) groups is 1. The van der Waals surface area contributed by atoms with Crippen LogP contribution in [0.3, 0.4) is 0 Å². The quantitative estimate of drug-likeness (QED) is 0.772. The number of alkyl halides is 2.